The van der Waals surface area contributed by atoms with E-state index in [0.717, 1.165) is 31.0 Å². The Balaban J connectivity index is 1.55. The average molecular weight is 229 g/mol. The van der Waals surface area contributed by atoms with Crippen molar-refractivity contribution in [1.82, 2.24) is 24.6 Å². The number of likely N-dealkylation sites (tertiary alicyclic amines) is 1. The van der Waals surface area contributed by atoms with Gasteiger partial charge in [0.25, 0.3) is 0 Å². The lowest BCUT2D eigenvalue weighted by molar-refractivity contribution is 0.0894. The molecule has 1 aliphatic rings. The monoisotopic (exact) mass is 229 g/mol. The molecule has 3 rings (SSSR count). The first-order valence-electron chi connectivity index (χ1n) is 5.80. The molecule has 1 saturated heterocycles. The van der Waals surface area contributed by atoms with Gasteiger partial charge in [0.1, 0.15) is 0 Å². The normalized spacial score (nSPS) is 17.0. The third-order valence-electron chi connectivity index (χ3n) is 3.06. The van der Waals surface area contributed by atoms with Crippen LogP contribution < -0.4 is 0 Å². The molecule has 17 heavy (non-hydrogen) atoms. The van der Waals surface area contributed by atoms with E-state index in [1.807, 2.05) is 42.5 Å². The van der Waals surface area contributed by atoms with Gasteiger partial charge in [-0.15, -0.1) is 0 Å². The van der Waals surface area contributed by atoms with Crippen LogP contribution in [0.2, 0.25) is 0 Å². The smallest absolute Gasteiger partial charge is 0.0773 e. The van der Waals surface area contributed by atoms with Gasteiger partial charge in [0.15, 0.2) is 0 Å². The fourth-order valence-corrected chi connectivity index (χ4v) is 2.07. The lowest BCUT2D eigenvalue weighted by atomic mass is 10.1. The van der Waals surface area contributed by atoms with Crippen molar-refractivity contribution < 1.29 is 0 Å². The highest BCUT2D eigenvalue weighted by atomic mass is 15.4. The molecule has 5 heteroatoms. The van der Waals surface area contributed by atoms with Gasteiger partial charge in [-0.3, -0.25) is 19.5 Å². The maximum absolute atomic E-state index is 4.36. The summed E-state index contributed by atoms with van der Waals surface area (Å²) in [5.74, 6) is 0. The summed E-state index contributed by atoms with van der Waals surface area (Å²) in [7, 11) is 0. The molecule has 0 atom stereocenters. The van der Waals surface area contributed by atoms with Gasteiger partial charge < -0.3 is 0 Å². The summed E-state index contributed by atoms with van der Waals surface area (Å²) in [6, 6.07) is 2.48. The van der Waals surface area contributed by atoms with E-state index >= 15 is 0 Å². The van der Waals surface area contributed by atoms with Gasteiger partial charge in [-0.2, -0.15) is 5.10 Å². The van der Waals surface area contributed by atoms with Crippen molar-refractivity contribution in [2.75, 3.05) is 13.1 Å². The predicted octanol–water partition coefficient (Wildman–Crippen LogP) is 1.04. The van der Waals surface area contributed by atoms with Crippen LogP contribution in [0.4, 0.5) is 0 Å². The van der Waals surface area contributed by atoms with Gasteiger partial charge in [-0.1, -0.05) is 0 Å². The molecule has 3 heterocycles. The minimum atomic E-state index is 0.517. The van der Waals surface area contributed by atoms with E-state index in [1.54, 1.807) is 0 Å². The van der Waals surface area contributed by atoms with Gasteiger partial charge in [0, 0.05) is 44.4 Å². The van der Waals surface area contributed by atoms with Crippen LogP contribution in [-0.4, -0.2) is 37.7 Å². The number of hydrogen-bond acceptors (Lipinski definition) is 4. The van der Waals surface area contributed by atoms with Gasteiger partial charge >= 0.3 is 0 Å². The Morgan fingerprint density at radius 2 is 2.18 bits per heavy atom. The highest BCUT2D eigenvalue weighted by molar-refractivity contribution is 5.02. The molecule has 0 spiro atoms. The molecule has 0 saturated carbocycles. The van der Waals surface area contributed by atoms with Crippen molar-refractivity contribution in [3.63, 3.8) is 0 Å². The van der Waals surface area contributed by atoms with Crippen LogP contribution in [0.15, 0.2) is 30.9 Å². The van der Waals surface area contributed by atoms with E-state index in [0.29, 0.717) is 6.04 Å². The number of aryl methyl sites for hydroxylation is 1. The van der Waals surface area contributed by atoms with Crippen LogP contribution in [0.5, 0.6) is 0 Å². The Morgan fingerprint density at radius 3 is 2.82 bits per heavy atom. The van der Waals surface area contributed by atoms with Crippen LogP contribution >= 0.6 is 0 Å². The summed E-state index contributed by atoms with van der Waals surface area (Å²) in [6.45, 7) is 4.91. The topological polar surface area (TPSA) is 46.8 Å². The first-order valence-corrected chi connectivity index (χ1v) is 5.80. The van der Waals surface area contributed by atoms with E-state index in [-0.39, 0.29) is 0 Å². The summed E-state index contributed by atoms with van der Waals surface area (Å²) in [4.78, 5) is 11.0. The first-order chi connectivity index (χ1) is 8.31. The molecule has 0 aliphatic carbocycles. The molecule has 1 fully saturated rings. The fourth-order valence-electron chi connectivity index (χ4n) is 2.07. The van der Waals surface area contributed by atoms with Crippen LogP contribution in [-0.2, 0) is 6.54 Å². The Hall–Kier alpha value is -1.75. The molecular formula is C12H15N5. The number of aromatic nitrogens is 4. The van der Waals surface area contributed by atoms with Gasteiger partial charge in [0.2, 0.25) is 0 Å². The molecule has 2 aromatic heterocycles. The molecule has 0 radical (unpaired) electrons. The molecule has 1 aliphatic heterocycles. The first kappa shape index (κ1) is 10.4. The van der Waals surface area contributed by atoms with Crippen molar-refractivity contribution >= 4 is 0 Å². The SMILES string of the molecule is Cc1cnc(CN2CC(n3cccn3)C2)cn1. The van der Waals surface area contributed by atoms with Gasteiger partial charge in [-0.05, 0) is 13.0 Å². The molecule has 0 bridgehead atoms. The van der Waals surface area contributed by atoms with Crippen molar-refractivity contribution in [3.8, 4) is 0 Å². The lowest BCUT2D eigenvalue weighted by Gasteiger charge is -2.38. The zero-order chi connectivity index (χ0) is 11.7. The van der Waals surface area contributed by atoms with Crippen molar-refractivity contribution in [2.24, 2.45) is 0 Å². The van der Waals surface area contributed by atoms with Crippen molar-refractivity contribution in [2.45, 2.75) is 19.5 Å². The molecule has 0 amide bonds. The second-order valence-electron chi connectivity index (χ2n) is 4.48. The van der Waals surface area contributed by atoms with Crippen LogP contribution in [0, 0.1) is 6.92 Å². The zero-order valence-corrected chi connectivity index (χ0v) is 9.82. The summed E-state index contributed by atoms with van der Waals surface area (Å²) < 4.78 is 2.03. The quantitative estimate of drug-likeness (QED) is 0.789. The fraction of sp³-hybridized carbons (Fsp3) is 0.417. The summed E-state index contributed by atoms with van der Waals surface area (Å²) in [5.41, 5.74) is 2.00. The van der Waals surface area contributed by atoms with Crippen molar-refractivity contribution in [1.29, 1.82) is 0 Å². The number of rotatable bonds is 3. The Labute approximate surface area is 100 Å². The molecular weight excluding hydrogens is 214 g/mol. The predicted molar refractivity (Wildman–Crippen MR) is 63.3 cm³/mol. The Kier molecular flexibility index (Phi) is 2.60. The van der Waals surface area contributed by atoms with E-state index in [4.69, 9.17) is 0 Å². The highest BCUT2D eigenvalue weighted by Crippen LogP contribution is 2.21. The summed E-state index contributed by atoms with van der Waals surface area (Å²) in [6.07, 6.45) is 7.53. The van der Waals surface area contributed by atoms with Crippen molar-refractivity contribution in [3.05, 3.63) is 42.2 Å². The van der Waals surface area contributed by atoms with Gasteiger partial charge in [0.05, 0.1) is 17.4 Å². The number of nitrogens with zero attached hydrogens (tertiary/aromatic N) is 5. The maximum Gasteiger partial charge on any atom is 0.0773 e. The molecule has 2 aromatic rings. The van der Waals surface area contributed by atoms with Crippen LogP contribution in [0.1, 0.15) is 17.4 Å². The standard InChI is InChI=1S/C12H15N5/c1-10-5-14-11(6-13-10)7-16-8-12(9-16)17-4-2-3-15-17/h2-6,12H,7-9H2,1H3. The summed E-state index contributed by atoms with van der Waals surface area (Å²) >= 11 is 0. The average Bonchev–Trinajstić information content (AvgIpc) is 2.78. The third kappa shape index (κ3) is 2.19. The minimum absolute atomic E-state index is 0.517. The lowest BCUT2D eigenvalue weighted by Crippen LogP contribution is -2.47. The molecule has 0 unspecified atom stereocenters. The second-order valence-corrected chi connectivity index (χ2v) is 4.48. The molecule has 0 aromatic carbocycles. The van der Waals surface area contributed by atoms with Crippen LogP contribution in [0.25, 0.3) is 0 Å². The van der Waals surface area contributed by atoms with E-state index in [9.17, 15) is 0 Å². The Bertz CT molecular complexity index is 470. The zero-order valence-electron chi connectivity index (χ0n) is 9.82. The molecule has 5 nitrogen and oxygen atoms in total. The highest BCUT2D eigenvalue weighted by Gasteiger charge is 2.28. The second kappa shape index (κ2) is 4.25. The Morgan fingerprint density at radius 1 is 1.29 bits per heavy atom. The molecule has 0 N–H and O–H groups in total. The summed E-state index contributed by atoms with van der Waals surface area (Å²) in [5, 5.41) is 4.25. The van der Waals surface area contributed by atoms with E-state index in [1.165, 1.54) is 0 Å². The maximum atomic E-state index is 4.36. The largest absolute Gasteiger partial charge is 0.293 e. The van der Waals surface area contributed by atoms with Gasteiger partial charge in [-0.25, -0.2) is 0 Å². The third-order valence-corrected chi connectivity index (χ3v) is 3.06. The minimum Gasteiger partial charge on any atom is -0.293 e. The van der Waals surface area contributed by atoms with Crippen LogP contribution in [0.3, 0.4) is 0 Å². The number of hydrogen-bond donors (Lipinski definition) is 0. The van der Waals surface area contributed by atoms with E-state index in [2.05, 4.69) is 20.0 Å². The van der Waals surface area contributed by atoms with E-state index < -0.39 is 0 Å². The molecule has 88 valence electrons.